The Labute approximate surface area is 515 Å². The molecule has 0 aliphatic rings. The predicted octanol–water partition coefficient (Wildman–Crippen LogP) is 24.9. The summed E-state index contributed by atoms with van der Waals surface area (Å²) in [4.78, 5) is 24.6. The van der Waals surface area contributed by atoms with Gasteiger partial charge in [-0.3, -0.25) is 9.59 Å². The number of amides is 1. The number of hydrogen-bond acceptors (Lipinski definition) is 5. The normalized spacial score (nSPS) is 12.4. The van der Waals surface area contributed by atoms with Gasteiger partial charge in [0.15, 0.2) is 0 Å². The molecule has 0 rings (SSSR count). The molecule has 0 heterocycles. The highest BCUT2D eigenvalue weighted by Gasteiger charge is 2.20. The van der Waals surface area contributed by atoms with Gasteiger partial charge in [0.05, 0.1) is 25.4 Å². The van der Waals surface area contributed by atoms with E-state index in [1.165, 1.54) is 379 Å². The maximum absolute atomic E-state index is 12.6. The van der Waals surface area contributed by atoms with E-state index in [-0.39, 0.29) is 18.5 Å². The molecule has 0 saturated carbocycles. The van der Waals surface area contributed by atoms with Crippen molar-refractivity contribution < 1.29 is 24.5 Å². The van der Waals surface area contributed by atoms with Crippen molar-refractivity contribution in [3.05, 3.63) is 0 Å². The van der Waals surface area contributed by atoms with Crippen LogP contribution in [-0.4, -0.2) is 47.4 Å². The van der Waals surface area contributed by atoms with Gasteiger partial charge in [-0.15, -0.1) is 0 Å². The zero-order valence-corrected chi connectivity index (χ0v) is 56.3. The van der Waals surface area contributed by atoms with E-state index < -0.39 is 12.1 Å². The van der Waals surface area contributed by atoms with Crippen LogP contribution in [0, 0.1) is 0 Å². The number of hydrogen-bond donors (Lipinski definition) is 3. The van der Waals surface area contributed by atoms with Gasteiger partial charge >= 0.3 is 5.97 Å². The summed E-state index contributed by atoms with van der Waals surface area (Å²) in [6.07, 6.45) is 88.9. The first kappa shape index (κ1) is 80.9. The third kappa shape index (κ3) is 68.0. The van der Waals surface area contributed by atoms with Gasteiger partial charge in [0.2, 0.25) is 5.91 Å². The molecule has 2 unspecified atom stereocenters. The Balaban J connectivity index is 3.34. The molecular formula is C76H151NO5. The van der Waals surface area contributed by atoms with E-state index >= 15 is 0 Å². The Hall–Kier alpha value is -1.14. The number of nitrogens with one attached hydrogen (secondary N) is 1. The second-order valence-corrected chi connectivity index (χ2v) is 26.7. The molecule has 82 heavy (non-hydrogen) atoms. The quantitative estimate of drug-likeness (QED) is 0.0417. The van der Waals surface area contributed by atoms with Gasteiger partial charge < -0.3 is 20.3 Å². The van der Waals surface area contributed by atoms with E-state index in [0.29, 0.717) is 25.9 Å². The lowest BCUT2D eigenvalue weighted by Crippen LogP contribution is -2.45. The highest BCUT2D eigenvalue weighted by atomic mass is 16.5. The molecular weight excluding hydrogens is 1010 g/mol. The maximum Gasteiger partial charge on any atom is 0.305 e. The first-order chi connectivity index (χ1) is 40.5. The van der Waals surface area contributed by atoms with Crippen LogP contribution in [0.1, 0.15) is 450 Å². The molecule has 0 aromatic rings. The van der Waals surface area contributed by atoms with Crippen molar-refractivity contribution in [1.29, 1.82) is 0 Å². The number of esters is 1. The van der Waals surface area contributed by atoms with Crippen molar-refractivity contribution in [2.45, 2.75) is 463 Å². The third-order valence-electron chi connectivity index (χ3n) is 18.4. The van der Waals surface area contributed by atoms with E-state index in [1.54, 1.807) is 0 Å². The number of aliphatic hydroxyl groups is 2. The fraction of sp³-hybridized carbons (Fsp3) is 0.974. The molecule has 0 radical (unpaired) electrons. The van der Waals surface area contributed by atoms with Crippen molar-refractivity contribution >= 4 is 11.9 Å². The number of rotatable bonds is 73. The number of aliphatic hydroxyl groups excluding tert-OH is 2. The summed E-state index contributed by atoms with van der Waals surface area (Å²) in [5, 5.41) is 23.5. The fourth-order valence-electron chi connectivity index (χ4n) is 12.6. The van der Waals surface area contributed by atoms with Gasteiger partial charge in [-0.05, 0) is 25.7 Å². The molecule has 0 bridgehead atoms. The Morgan fingerprint density at radius 3 is 0.744 bits per heavy atom. The van der Waals surface area contributed by atoms with Crippen molar-refractivity contribution in [2.24, 2.45) is 0 Å². The molecule has 490 valence electrons. The second-order valence-electron chi connectivity index (χ2n) is 26.7. The summed E-state index contributed by atoms with van der Waals surface area (Å²) < 4.78 is 5.50. The van der Waals surface area contributed by atoms with E-state index in [4.69, 9.17) is 4.74 Å². The van der Waals surface area contributed by atoms with Gasteiger partial charge in [-0.25, -0.2) is 0 Å². The van der Waals surface area contributed by atoms with Crippen molar-refractivity contribution in [2.75, 3.05) is 13.2 Å². The minimum atomic E-state index is -0.663. The highest BCUT2D eigenvalue weighted by Crippen LogP contribution is 2.20. The maximum atomic E-state index is 12.6. The van der Waals surface area contributed by atoms with Crippen LogP contribution < -0.4 is 5.32 Å². The third-order valence-corrected chi connectivity index (χ3v) is 18.4. The fourth-order valence-corrected chi connectivity index (χ4v) is 12.6. The van der Waals surface area contributed by atoms with Crippen LogP contribution in [0.4, 0.5) is 0 Å². The van der Waals surface area contributed by atoms with Gasteiger partial charge in [0.25, 0.3) is 0 Å². The van der Waals surface area contributed by atoms with Gasteiger partial charge in [0, 0.05) is 12.8 Å². The number of carbonyl (C=O) groups is 2. The molecule has 0 aliphatic heterocycles. The predicted molar refractivity (Wildman–Crippen MR) is 361 cm³/mol. The molecule has 0 saturated heterocycles. The zero-order chi connectivity index (χ0) is 59.2. The monoisotopic (exact) mass is 1160 g/mol. The van der Waals surface area contributed by atoms with Crippen LogP contribution in [0.3, 0.4) is 0 Å². The summed E-state index contributed by atoms with van der Waals surface area (Å²) >= 11 is 0. The molecule has 0 aliphatic carbocycles. The van der Waals surface area contributed by atoms with Gasteiger partial charge in [0.1, 0.15) is 0 Å². The van der Waals surface area contributed by atoms with Crippen LogP contribution in [-0.2, 0) is 14.3 Å². The molecule has 0 aromatic heterocycles. The van der Waals surface area contributed by atoms with Gasteiger partial charge in [-0.1, -0.05) is 412 Å². The first-order valence-electron chi connectivity index (χ1n) is 38.3. The second kappa shape index (κ2) is 72.3. The van der Waals surface area contributed by atoms with Gasteiger partial charge in [-0.2, -0.15) is 0 Å². The van der Waals surface area contributed by atoms with E-state index in [2.05, 4.69) is 19.2 Å². The molecule has 0 aromatic carbocycles. The lowest BCUT2D eigenvalue weighted by Gasteiger charge is -2.22. The molecule has 6 heteroatoms. The lowest BCUT2D eigenvalue weighted by molar-refractivity contribution is -0.143. The van der Waals surface area contributed by atoms with Crippen LogP contribution in [0.25, 0.3) is 0 Å². The summed E-state index contributed by atoms with van der Waals surface area (Å²) in [5.74, 6) is -0.00493. The SMILES string of the molecule is CCCCCCCCCCCCCCCCCCCCCCCCCCCC(O)C(CO)NC(=O)CCCCCCCCCCCCCCCCCCCCCCCCCCCCOC(=O)CCCCCCCCCCCCCCCC. The van der Waals surface area contributed by atoms with E-state index in [9.17, 15) is 19.8 Å². The van der Waals surface area contributed by atoms with Crippen LogP contribution >= 0.6 is 0 Å². The van der Waals surface area contributed by atoms with Crippen LogP contribution in [0.5, 0.6) is 0 Å². The van der Waals surface area contributed by atoms with Crippen molar-refractivity contribution in [1.82, 2.24) is 5.32 Å². The summed E-state index contributed by atoms with van der Waals surface area (Å²) in [6.45, 7) is 5.01. The van der Waals surface area contributed by atoms with E-state index in [1.807, 2.05) is 0 Å². The molecule has 3 N–H and O–H groups in total. The Kier molecular flexibility index (Phi) is 71.3. The summed E-state index contributed by atoms with van der Waals surface area (Å²) in [6, 6.07) is -0.540. The largest absolute Gasteiger partial charge is 0.466 e. The van der Waals surface area contributed by atoms with Crippen molar-refractivity contribution in [3.8, 4) is 0 Å². The Morgan fingerprint density at radius 1 is 0.293 bits per heavy atom. The molecule has 0 spiro atoms. The molecule has 2 atom stereocenters. The summed E-state index contributed by atoms with van der Waals surface area (Å²) in [5.41, 5.74) is 0. The van der Waals surface area contributed by atoms with Crippen LogP contribution in [0.15, 0.2) is 0 Å². The molecule has 0 fully saturated rings. The van der Waals surface area contributed by atoms with Crippen molar-refractivity contribution in [3.63, 3.8) is 0 Å². The Morgan fingerprint density at radius 2 is 0.500 bits per heavy atom. The molecule has 6 nitrogen and oxygen atoms in total. The number of carbonyl (C=O) groups excluding carboxylic acids is 2. The average Bonchev–Trinajstić information content (AvgIpc) is 3.48. The highest BCUT2D eigenvalue weighted by molar-refractivity contribution is 5.76. The smallest absolute Gasteiger partial charge is 0.305 e. The Bertz CT molecular complexity index is 1200. The zero-order valence-electron chi connectivity index (χ0n) is 56.3. The summed E-state index contributed by atoms with van der Waals surface area (Å²) in [7, 11) is 0. The first-order valence-corrected chi connectivity index (χ1v) is 38.3. The average molecular weight is 1160 g/mol. The topological polar surface area (TPSA) is 95.9 Å². The number of unbranched alkanes of at least 4 members (excludes halogenated alkanes) is 62. The van der Waals surface area contributed by atoms with E-state index in [0.717, 1.165) is 38.5 Å². The standard InChI is InChI=1S/C76H151NO5/c1-3-5-7-9-11-13-15-17-19-20-21-22-23-26-29-32-35-38-41-44-48-52-56-60-64-68-74(79)73(72-78)77-75(80)69-65-61-57-53-49-45-42-39-36-33-30-27-24-25-28-31-34-37-40-43-47-51-55-59-63-67-71-82-76(81)70-66-62-58-54-50-46-18-16-14-12-10-8-6-4-2/h73-74,78-79H,3-72H2,1-2H3,(H,77,80). The minimum Gasteiger partial charge on any atom is -0.466 e. The lowest BCUT2D eigenvalue weighted by atomic mass is 10.0. The minimum absolute atomic E-state index is 0.0212. The number of ether oxygens (including phenoxy) is 1. The molecule has 1 amide bonds. The van der Waals surface area contributed by atoms with Crippen LogP contribution in [0.2, 0.25) is 0 Å².